The second-order valence-electron chi connectivity index (χ2n) is 5.29. The van der Waals surface area contributed by atoms with E-state index < -0.39 is 0 Å². The van der Waals surface area contributed by atoms with E-state index in [0.29, 0.717) is 0 Å². The first kappa shape index (κ1) is 13.8. The van der Waals surface area contributed by atoms with Crippen LogP contribution in [-0.2, 0) is 0 Å². The quantitative estimate of drug-likeness (QED) is 0.857. The lowest BCUT2D eigenvalue weighted by Gasteiger charge is -2.35. The molecule has 4 nitrogen and oxygen atoms in total. The molecule has 1 aliphatic heterocycles. The maximum absolute atomic E-state index is 5.55. The predicted molar refractivity (Wildman–Crippen MR) is 86.6 cm³/mol. The highest BCUT2D eigenvalue weighted by atomic mass is 32.1. The zero-order valence-corrected chi connectivity index (χ0v) is 12.6. The van der Waals surface area contributed by atoms with Crippen molar-refractivity contribution in [3.8, 4) is 0 Å². The molecule has 2 aromatic heterocycles. The first-order valence-electron chi connectivity index (χ1n) is 7.38. The van der Waals surface area contributed by atoms with Gasteiger partial charge in [0.05, 0.1) is 0 Å². The van der Waals surface area contributed by atoms with Crippen molar-refractivity contribution < 1.29 is 0 Å². The molecule has 2 N–H and O–H groups in total. The summed E-state index contributed by atoms with van der Waals surface area (Å²) in [5.41, 5.74) is 5.55. The molecule has 2 aromatic rings. The minimum atomic E-state index is 0.810. The molecule has 0 spiro atoms. The van der Waals surface area contributed by atoms with E-state index in [1.807, 2.05) is 6.20 Å². The molecule has 3 heterocycles. The summed E-state index contributed by atoms with van der Waals surface area (Å²) < 4.78 is 1.33. The Hall–Kier alpha value is -1.17. The maximum Gasteiger partial charge on any atom is 0.137 e. The SMILES string of the molecule is NCCCCN1CCN(c2nccc3sccc23)CC1. The van der Waals surface area contributed by atoms with Gasteiger partial charge in [0.2, 0.25) is 0 Å². The van der Waals surface area contributed by atoms with E-state index in [0.717, 1.165) is 45.0 Å². The number of nitrogens with two attached hydrogens (primary N) is 1. The van der Waals surface area contributed by atoms with Crippen molar-refractivity contribution >= 4 is 27.2 Å². The van der Waals surface area contributed by atoms with Crippen LogP contribution in [0.2, 0.25) is 0 Å². The van der Waals surface area contributed by atoms with Crippen molar-refractivity contribution in [2.24, 2.45) is 5.73 Å². The number of rotatable bonds is 5. The number of pyridine rings is 1. The van der Waals surface area contributed by atoms with E-state index in [1.54, 1.807) is 11.3 Å². The average molecular weight is 290 g/mol. The summed E-state index contributed by atoms with van der Waals surface area (Å²) >= 11 is 1.79. The number of hydrogen-bond donors (Lipinski definition) is 1. The van der Waals surface area contributed by atoms with Gasteiger partial charge >= 0.3 is 0 Å². The van der Waals surface area contributed by atoms with Gasteiger partial charge in [0.1, 0.15) is 5.82 Å². The molecule has 0 radical (unpaired) electrons. The molecule has 1 saturated heterocycles. The molecule has 0 saturated carbocycles. The van der Waals surface area contributed by atoms with Gasteiger partial charge < -0.3 is 10.6 Å². The summed E-state index contributed by atoms with van der Waals surface area (Å²) in [5, 5.41) is 3.45. The number of nitrogens with zero attached hydrogens (tertiary/aromatic N) is 3. The number of piperazine rings is 1. The van der Waals surface area contributed by atoms with Crippen molar-refractivity contribution in [2.75, 3.05) is 44.2 Å². The van der Waals surface area contributed by atoms with Gasteiger partial charge in [-0.3, -0.25) is 4.90 Å². The van der Waals surface area contributed by atoms with Crippen molar-refractivity contribution in [2.45, 2.75) is 12.8 Å². The van der Waals surface area contributed by atoms with Crippen LogP contribution in [0.5, 0.6) is 0 Å². The third-order valence-corrected chi connectivity index (χ3v) is 4.84. The Morgan fingerprint density at radius 2 is 2.00 bits per heavy atom. The maximum atomic E-state index is 5.55. The molecule has 0 aromatic carbocycles. The third kappa shape index (κ3) is 2.95. The molecule has 3 rings (SSSR count). The van der Waals surface area contributed by atoms with E-state index in [9.17, 15) is 0 Å². The number of aromatic nitrogens is 1. The van der Waals surface area contributed by atoms with E-state index in [1.165, 1.54) is 23.1 Å². The van der Waals surface area contributed by atoms with Crippen molar-refractivity contribution in [1.29, 1.82) is 0 Å². The monoisotopic (exact) mass is 290 g/mol. The first-order chi connectivity index (χ1) is 9.88. The molecule has 0 unspecified atom stereocenters. The number of hydrogen-bond acceptors (Lipinski definition) is 5. The lowest BCUT2D eigenvalue weighted by atomic mass is 10.2. The summed E-state index contributed by atoms with van der Waals surface area (Å²) in [6.07, 6.45) is 4.28. The zero-order chi connectivity index (χ0) is 13.8. The van der Waals surface area contributed by atoms with Gasteiger partial charge in [0.15, 0.2) is 0 Å². The van der Waals surface area contributed by atoms with Crippen molar-refractivity contribution in [3.05, 3.63) is 23.7 Å². The highest BCUT2D eigenvalue weighted by Crippen LogP contribution is 2.28. The third-order valence-electron chi connectivity index (χ3n) is 3.96. The number of fused-ring (bicyclic) bond motifs is 1. The van der Waals surface area contributed by atoms with Gasteiger partial charge in [-0.05, 0) is 43.4 Å². The fourth-order valence-electron chi connectivity index (χ4n) is 2.79. The normalized spacial score (nSPS) is 16.9. The first-order valence-corrected chi connectivity index (χ1v) is 8.26. The van der Waals surface area contributed by atoms with E-state index in [4.69, 9.17) is 5.73 Å². The van der Waals surface area contributed by atoms with Gasteiger partial charge in [-0.1, -0.05) is 0 Å². The Morgan fingerprint density at radius 1 is 1.15 bits per heavy atom. The fourth-order valence-corrected chi connectivity index (χ4v) is 3.57. The lowest BCUT2D eigenvalue weighted by Crippen LogP contribution is -2.47. The summed E-state index contributed by atoms with van der Waals surface area (Å²) in [4.78, 5) is 9.57. The van der Waals surface area contributed by atoms with E-state index in [2.05, 4.69) is 32.3 Å². The van der Waals surface area contributed by atoms with Crippen LogP contribution in [0.3, 0.4) is 0 Å². The second kappa shape index (κ2) is 6.52. The summed E-state index contributed by atoms with van der Waals surface area (Å²) in [7, 11) is 0. The van der Waals surface area contributed by atoms with Crippen LogP contribution in [-0.4, -0.2) is 49.2 Å². The number of anilines is 1. The van der Waals surface area contributed by atoms with Crippen LogP contribution in [0.1, 0.15) is 12.8 Å². The van der Waals surface area contributed by atoms with Gasteiger partial charge in [0.25, 0.3) is 0 Å². The van der Waals surface area contributed by atoms with Gasteiger partial charge in [-0.25, -0.2) is 4.98 Å². The fraction of sp³-hybridized carbons (Fsp3) is 0.533. The molecule has 0 bridgehead atoms. The molecule has 0 amide bonds. The van der Waals surface area contributed by atoms with E-state index in [-0.39, 0.29) is 0 Å². The number of thiophene rings is 1. The predicted octanol–water partition coefficient (Wildman–Crippen LogP) is 2.16. The summed E-state index contributed by atoms with van der Waals surface area (Å²) in [6.45, 7) is 6.40. The molecule has 5 heteroatoms. The molecule has 1 aliphatic rings. The Balaban J connectivity index is 1.62. The summed E-state index contributed by atoms with van der Waals surface area (Å²) in [6, 6.07) is 4.29. The van der Waals surface area contributed by atoms with Gasteiger partial charge in [0, 0.05) is 42.5 Å². The van der Waals surface area contributed by atoms with E-state index >= 15 is 0 Å². The smallest absolute Gasteiger partial charge is 0.137 e. The topological polar surface area (TPSA) is 45.4 Å². The standard InChI is InChI=1S/C15H22N4S/c16-5-1-2-7-18-8-10-19(11-9-18)15-13-4-12-20-14(13)3-6-17-15/h3-4,6,12H,1-2,5,7-11,16H2. The molecule has 0 aliphatic carbocycles. The average Bonchev–Trinajstić information content (AvgIpc) is 2.97. The lowest BCUT2D eigenvalue weighted by molar-refractivity contribution is 0.253. The molecular formula is C15H22N4S. The summed E-state index contributed by atoms with van der Waals surface area (Å²) in [5.74, 6) is 1.16. The minimum absolute atomic E-state index is 0.810. The Bertz CT molecular complexity index is 546. The highest BCUT2D eigenvalue weighted by Gasteiger charge is 2.19. The van der Waals surface area contributed by atoms with Crippen LogP contribution < -0.4 is 10.6 Å². The molecule has 20 heavy (non-hydrogen) atoms. The Kier molecular flexibility index (Phi) is 4.50. The minimum Gasteiger partial charge on any atom is -0.354 e. The highest BCUT2D eigenvalue weighted by molar-refractivity contribution is 7.17. The van der Waals surface area contributed by atoms with Crippen LogP contribution >= 0.6 is 11.3 Å². The van der Waals surface area contributed by atoms with Crippen LogP contribution in [0, 0.1) is 0 Å². The second-order valence-corrected chi connectivity index (χ2v) is 6.24. The number of unbranched alkanes of at least 4 members (excludes halogenated alkanes) is 1. The molecular weight excluding hydrogens is 268 g/mol. The van der Waals surface area contributed by atoms with Gasteiger partial charge in [-0.15, -0.1) is 11.3 Å². The van der Waals surface area contributed by atoms with Crippen LogP contribution in [0.15, 0.2) is 23.7 Å². The Morgan fingerprint density at radius 3 is 2.80 bits per heavy atom. The zero-order valence-electron chi connectivity index (χ0n) is 11.8. The van der Waals surface area contributed by atoms with Crippen molar-refractivity contribution in [3.63, 3.8) is 0 Å². The van der Waals surface area contributed by atoms with Crippen LogP contribution in [0.25, 0.3) is 10.1 Å². The molecule has 0 atom stereocenters. The molecule has 108 valence electrons. The van der Waals surface area contributed by atoms with Crippen LogP contribution in [0.4, 0.5) is 5.82 Å². The molecule has 1 fully saturated rings. The largest absolute Gasteiger partial charge is 0.354 e. The van der Waals surface area contributed by atoms with Gasteiger partial charge in [-0.2, -0.15) is 0 Å². The Labute approximate surface area is 124 Å². The van der Waals surface area contributed by atoms with Crippen molar-refractivity contribution in [1.82, 2.24) is 9.88 Å².